The molecule has 3 heteroatoms. The van der Waals surface area contributed by atoms with Gasteiger partial charge in [0, 0.05) is 40.5 Å². The van der Waals surface area contributed by atoms with Crippen LogP contribution < -0.4 is 15.7 Å². The van der Waals surface area contributed by atoms with Gasteiger partial charge in [-0.3, -0.25) is 4.98 Å². The van der Waals surface area contributed by atoms with Crippen molar-refractivity contribution >= 4 is 29.1 Å². The number of aromatic nitrogens is 1. The molecule has 0 atom stereocenters. The number of hydrogen-bond acceptors (Lipinski definition) is 2. The number of nitrogens with zero attached hydrogens (tertiary/aromatic N) is 2. The summed E-state index contributed by atoms with van der Waals surface area (Å²) in [5.41, 5.74) is 14.0. The number of rotatable bonds is 1. The van der Waals surface area contributed by atoms with Gasteiger partial charge in [0.2, 0.25) is 0 Å². The summed E-state index contributed by atoms with van der Waals surface area (Å²) in [5.74, 6) is 0. The van der Waals surface area contributed by atoms with Crippen LogP contribution in [0.1, 0.15) is 5.56 Å². The molecule has 33 heavy (non-hydrogen) atoms. The van der Waals surface area contributed by atoms with E-state index in [1.54, 1.807) is 0 Å². The summed E-state index contributed by atoms with van der Waals surface area (Å²) >= 11 is 0. The molecule has 0 aliphatic carbocycles. The monoisotopic (exact) mass is 420 g/mol. The predicted octanol–water partition coefficient (Wildman–Crippen LogP) is 5.96. The van der Waals surface area contributed by atoms with E-state index in [4.69, 9.17) is 0 Å². The van der Waals surface area contributed by atoms with Gasteiger partial charge in [-0.05, 0) is 58.3 Å². The first-order valence-corrected chi connectivity index (χ1v) is 11.4. The van der Waals surface area contributed by atoms with Gasteiger partial charge in [0.05, 0.1) is 0 Å². The molecule has 0 N–H and O–H groups in total. The minimum Gasteiger partial charge on any atom is -0.376 e. The molecule has 2 aliphatic rings. The van der Waals surface area contributed by atoms with Crippen LogP contribution >= 0.6 is 0 Å². The highest BCUT2D eigenvalue weighted by atomic mass is 15.1. The Kier molecular flexibility index (Phi) is 3.89. The molecule has 0 bridgehead atoms. The second-order valence-corrected chi connectivity index (χ2v) is 8.95. The van der Waals surface area contributed by atoms with Gasteiger partial charge in [-0.2, -0.15) is 0 Å². The molecule has 0 saturated heterocycles. The molecule has 7 rings (SSSR count). The largest absolute Gasteiger partial charge is 0.376 e. The molecule has 0 saturated carbocycles. The summed E-state index contributed by atoms with van der Waals surface area (Å²) in [4.78, 5) is 6.98. The van der Waals surface area contributed by atoms with Crippen LogP contribution in [0.3, 0.4) is 0 Å². The average Bonchev–Trinajstić information content (AvgIpc) is 2.88. The zero-order chi connectivity index (χ0) is 21.9. The average molecular weight is 420 g/mol. The summed E-state index contributed by atoms with van der Waals surface area (Å²) in [7, 11) is 0. The Labute approximate surface area is 194 Å². The third kappa shape index (κ3) is 2.66. The normalized spacial score (nSPS) is 12.9. The lowest BCUT2D eigenvalue weighted by molar-refractivity contribution is 1.27. The Hall–Kier alpha value is -4.11. The summed E-state index contributed by atoms with van der Waals surface area (Å²) in [6.07, 6.45) is 3.88. The molecule has 0 radical (unpaired) electrons. The predicted molar refractivity (Wildman–Crippen MR) is 139 cm³/mol. The van der Waals surface area contributed by atoms with Crippen molar-refractivity contribution in [2.45, 2.75) is 6.92 Å². The highest BCUT2D eigenvalue weighted by Crippen LogP contribution is 2.45. The van der Waals surface area contributed by atoms with E-state index in [0.717, 1.165) is 5.56 Å². The van der Waals surface area contributed by atoms with E-state index in [9.17, 15) is 0 Å². The van der Waals surface area contributed by atoms with Crippen LogP contribution in [0, 0.1) is 6.92 Å². The van der Waals surface area contributed by atoms with Gasteiger partial charge in [-0.1, -0.05) is 78.9 Å². The highest BCUT2D eigenvalue weighted by Gasteiger charge is 2.41. The molecule has 4 aromatic carbocycles. The van der Waals surface area contributed by atoms with Crippen LogP contribution in [0.25, 0.3) is 33.4 Å². The minimum atomic E-state index is 0.124. The number of anilines is 2. The number of aryl methyl sites for hydroxylation is 1. The quantitative estimate of drug-likeness (QED) is 0.311. The number of fused-ring (bicyclic) bond motifs is 11. The Balaban J connectivity index is 1.56. The summed E-state index contributed by atoms with van der Waals surface area (Å²) in [6, 6.07) is 35.6. The Morgan fingerprint density at radius 1 is 0.576 bits per heavy atom. The van der Waals surface area contributed by atoms with E-state index >= 15 is 0 Å². The van der Waals surface area contributed by atoms with Crippen molar-refractivity contribution in [3.05, 3.63) is 115 Å². The van der Waals surface area contributed by atoms with Crippen molar-refractivity contribution in [3.63, 3.8) is 0 Å². The summed E-state index contributed by atoms with van der Waals surface area (Å²) in [6.45, 7) is 2.22. The molecule has 0 amide bonds. The van der Waals surface area contributed by atoms with Gasteiger partial charge >= 0.3 is 6.85 Å². The molecular weight excluding hydrogens is 399 g/mol. The molecule has 2 nitrogen and oxygen atoms in total. The standard InChI is InChI=1S/C30H21BN2/c1-20-16-22(19-32-18-20)21-14-15-24-26-10-4-7-13-30(26)33-29-12-6-3-9-25(29)23-8-2-5-11-27(23)31(33)28(24)17-21/h2-19H,1H3. The molecular formula is C30H21BN2. The lowest BCUT2D eigenvalue weighted by atomic mass is 9.43. The molecule has 3 heterocycles. The fourth-order valence-corrected chi connectivity index (χ4v) is 5.58. The maximum absolute atomic E-state index is 4.45. The maximum Gasteiger partial charge on any atom is 0.329 e. The Morgan fingerprint density at radius 3 is 1.94 bits per heavy atom. The van der Waals surface area contributed by atoms with E-state index < -0.39 is 0 Å². The molecule has 154 valence electrons. The van der Waals surface area contributed by atoms with E-state index in [1.165, 1.54) is 55.7 Å². The van der Waals surface area contributed by atoms with Gasteiger partial charge in [0.25, 0.3) is 0 Å². The van der Waals surface area contributed by atoms with Gasteiger partial charge < -0.3 is 4.81 Å². The van der Waals surface area contributed by atoms with Gasteiger partial charge in [-0.15, -0.1) is 0 Å². The molecule has 1 aromatic heterocycles. The van der Waals surface area contributed by atoms with Crippen LogP contribution in [0.15, 0.2) is 109 Å². The SMILES string of the molecule is Cc1cncc(-c2ccc3c(c2)B2c4ccccc4-c4ccccc4N2c2ccccc2-3)c1. The second-order valence-electron chi connectivity index (χ2n) is 8.95. The Bertz CT molecular complexity index is 1560. The van der Waals surface area contributed by atoms with E-state index in [0.29, 0.717) is 0 Å². The molecule has 0 spiro atoms. The van der Waals surface area contributed by atoms with Crippen LogP contribution in [0.5, 0.6) is 0 Å². The first-order chi connectivity index (χ1) is 16.3. The lowest BCUT2D eigenvalue weighted by Crippen LogP contribution is -2.59. The minimum absolute atomic E-state index is 0.124. The van der Waals surface area contributed by atoms with Crippen molar-refractivity contribution in [2.24, 2.45) is 0 Å². The summed E-state index contributed by atoms with van der Waals surface area (Å²) < 4.78 is 0. The first kappa shape index (κ1) is 18.5. The molecule has 0 fully saturated rings. The van der Waals surface area contributed by atoms with Crippen LogP contribution in [0.4, 0.5) is 11.4 Å². The number of para-hydroxylation sites is 2. The van der Waals surface area contributed by atoms with Crippen LogP contribution in [0.2, 0.25) is 0 Å². The molecule has 0 unspecified atom stereocenters. The van der Waals surface area contributed by atoms with E-state index in [-0.39, 0.29) is 6.85 Å². The van der Waals surface area contributed by atoms with Crippen molar-refractivity contribution in [1.29, 1.82) is 0 Å². The lowest BCUT2D eigenvalue weighted by Gasteiger charge is -2.43. The topological polar surface area (TPSA) is 16.1 Å². The fraction of sp³-hybridized carbons (Fsp3) is 0.0333. The van der Waals surface area contributed by atoms with Crippen molar-refractivity contribution in [1.82, 2.24) is 4.98 Å². The van der Waals surface area contributed by atoms with Crippen molar-refractivity contribution in [2.75, 3.05) is 4.81 Å². The smallest absolute Gasteiger partial charge is 0.329 e. The second kappa shape index (κ2) is 6.95. The van der Waals surface area contributed by atoms with Crippen molar-refractivity contribution in [3.8, 4) is 33.4 Å². The number of pyridine rings is 1. The van der Waals surface area contributed by atoms with E-state index in [1.807, 2.05) is 12.4 Å². The maximum atomic E-state index is 4.45. The zero-order valence-corrected chi connectivity index (χ0v) is 18.4. The molecule has 2 aliphatic heterocycles. The number of hydrogen-bond donors (Lipinski definition) is 0. The van der Waals surface area contributed by atoms with E-state index in [2.05, 4.69) is 114 Å². The number of benzene rings is 4. The molecule has 5 aromatic rings. The summed E-state index contributed by atoms with van der Waals surface area (Å²) in [5, 5.41) is 0. The highest BCUT2D eigenvalue weighted by molar-refractivity contribution is 6.92. The van der Waals surface area contributed by atoms with Crippen molar-refractivity contribution < 1.29 is 0 Å². The van der Waals surface area contributed by atoms with Gasteiger partial charge in [0.15, 0.2) is 0 Å². The van der Waals surface area contributed by atoms with Gasteiger partial charge in [0.1, 0.15) is 0 Å². The third-order valence-corrected chi connectivity index (χ3v) is 6.98. The zero-order valence-electron chi connectivity index (χ0n) is 18.4. The Morgan fingerprint density at radius 2 is 1.21 bits per heavy atom. The van der Waals surface area contributed by atoms with Gasteiger partial charge in [-0.25, -0.2) is 0 Å². The van der Waals surface area contributed by atoms with Crippen LogP contribution in [-0.2, 0) is 0 Å². The van der Waals surface area contributed by atoms with Crippen LogP contribution in [-0.4, -0.2) is 11.8 Å². The third-order valence-electron chi connectivity index (χ3n) is 6.98. The first-order valence-electron chi connectivity index (χ1n) is 11.4. The fourth-order valence-electron chi connectivity index (χ4n) is 5.58.